The van der Waals surface area contributed by atoms with Crippen molar-refractivity contribution in [1.29, 1.82) is 0 Å². The van der Waals surface area contributed by atoms with Gasteiger partial charge in [0.2, 0.25) is 5.88 Å². The minimum Gasteiger partial charge on any atom is -0.493 e. The average Bonchev–Trinajstić information content (AvgIpc) is 2.72. The van der Waals surface area contributed by atoms with Crippen molar-refractivity contribution < 1.29 is 14.2 Å². The zero-order valence-electron chi connectivity index (χ0n) is 17.8. The molecule has 0 unspecified atom stereocenters. The molecule has 0 aliphatic rings. The molecule has 2 aromatic carbocycles. The minimum atomic E-state index is -0.475. The van der Waals surface area contributed by atoms with Crippen LogP contribution in [0.4, 0.5) is 0 Å². The van der Waals surface area contributed by atoms with Crippen LogP contribution in [0, 0.1) is 5.41 Å². The second kappa shape index (κ2) is 9.62. The number of hydrogen-bond donors (Lipinski definition) is 0. The molecule has 0 fully saturated rings. The van der Waals surface area contributed by atoms with E-state index in [1.165, 1.54) is 4.57 Å². The van der Waals surface area contributed by atoms with E-state index in [4.69, 9.17) is 37.4 Å². The van der Waals surface area contributed by atoms with E-state index in [1.54, 1.807) is 55.8 Å². The van der Waals surface area contributed by atoms with Crippen molar-refractivity contribution in [2.24, 2.45) is 5.41 Å². The van der Waals surface area contributed by atoms with E-state index >= 15 is 0 Å². The molecule has 3 aromatic rings. The van der Waals surface area contributed by atoms with E-state index in [1.807, 2.05) is 0 Å². The predicted octanol–water partition coefficient (Wildman–Crippen LogP) is 5.55. The fourth-order valence-electron chi connectivity index (χ4n) is 2.67. The number of nitrogens with zero attached hydrogens (tertiary/aromatic N) is 2. The smallest absolute Gasteiger partial charge is 0.355 e. The topological polar surface area (TPSA) is 62.6 Å². The van der Waals surface area contributed by atoms with Gasteiger partial charge in [0, 0.05) is 18.3 Å². The summed E-state index contributed by atoms with van der Waals surface area (Å²) in [6, 6.07) is 12.1. The molecule has 0 aliphatic heterocycles. The Morgan fingerprint density at radius 2 is 1.74 bits per heavy atom. The van der Waals surface area contributed by atoms with Gasteiger partial charge in [0.05, 0.1) is 29.4 Å². The van der Waals surface area contributed by atoms with Gasteiger partial charge in [-0.05, 0) is 35.2 Å². The van der Waals surface area contributed by atoms with Gasteiger partial charge < -0.3 is 14.2 Å². The molecule has 0 N–H and O–H groups in total. The molecule has 0 saturated heterocycles. The average molecular weight is 463 g/mol. The highest BCUT2D eigenvalue weighted by atomic mass is 35.5. The maximum atomic E-state index is 12.6. The normalized spacial score (nSPS) is 11.3. The third-order valence-electron chi connectivity index (χ3n) is 4.23. The van der Waals surface area contributed by atoms with Crippen LogP contribution in [0.15, 0.2) is 53.5 Å². The molecule has 0 amide bonds. The van der Waals surface area contributed by atoms with Crippen LogP contribution in [0.2, 0.25) is 10.0 Å². The van der Waals surface area contributed by atoms with Crippen LogP contribution in [0.1, 0.15) is 26.3 Å². The molecule has 6 nitrogen and oxygen atoms in total. The summed E-state index contributed by atoms with van der Waals surface area (Å²) in [4.78, 5) is 16.6. The lowest BCUT2D eigenvalue weighted by atomic mass is 9.99. The molecule has 0 atom stereocenters. The molecule has 1 heterocycles. The highest BCUT2D eigenvalue weighted by Crippen LogP contribution is 2.30. The van der Waals surface area contributed by atoms with E-state index in [9.17, 15) is 4.79 Å². The molecule has 0 radical (unpaired) electrons. The van der Waals surface area contributed by atoms with Gasteiger partial charge >= 0.3 is 5.69 Å². The van der Waals surface area contributed by atoms with Crippen molar-refractivity contribution in [2.75, 3.05) is 13.7 Å². The van der Waals surface area contributed by atoms with Gasteiger partial charge in [-0.15, -0.1) is 0 Å². The van der Waals surface area contributed by atoms with Crippen molar-refractivity contribution in [3.63, 3.8) is 0 Å². The van der Waals surface area contributed by atoms with Crippen LogP contribution in [0.3, 0.4) is 0 Å². The monoisotopic (exact) mass is 462 g/mol. The Bertz CT molecular complexity index is 1120. The van der Waals surface area contributed by atoms with Crippen molar-refractivity contribution in [3.05, 3.63) is 74.8 Å². The molecular formula is C23H24Cl2N2O4. The number of halogens is 2. The zero-order valence-corrected chi connectivity index (χ0v) is 19.3. The van der Waals surface area contributed by atoms with Gasteiger partial charge in [-0.1, -0.05) is 50.0 Å². The van der Waals surface area contributed by atoms with Crippen LogP contribution in [-0.4, -0.2) is 23.3 Å². The Morgan fingerprint density at radius 1 is 0.968 bits per heavy atom. The zero-order chi connectivity index (χ0) is 22.6. The predicted molar refractivity (Wildman–Crippen MR) is 122 cm³/mol. The van der Waals surface area contributed by atoms with E-state index in [2.05, 4.69) is 25.8 Å². The van der Waals surface area contributed by atoms with Gasteiger partial charge in [-0.2, -0.15) is 4.98 Å². The number of methoxy groups -OCH3 is 1. The number of aromatic nitrogens is 2. The van der Waals surface area contributed by atoms with Crippen molar-refractivity contribution in [2.45, 2.75) is 27.4 Å². The first-order chi connectivity index (χ1) is 14.7. The number of rotatable bonds is 7. The summed E-state index contributed by atoms with van der Waals surface area (Å²) in [5.41, 5.74) is 0.957. The molecule has 3 rings (SSSR count). The molecule has 1 aromatic heterocycles. The molecule has 8 heteroatoms. The fourth-order valence-corrected chi connectivity index (χ4v) is 2.99. The molecule has 0 saturated carbocycles. The lowest BCUT2D eigenvalue weighted by molar-refractivity contribution is 0.191. The third-order valence-corrected chi connectivity index (χ3v) is 4.97. The highest BCUT2D eigenvalue weighted by molar-refractivity contribution is 6.42. The first kappa shape index (κ1) is 23.0. The quantitative estimate of drug-likeness (QED) is 0.460. The molecule has 0 spiro atoms. The molecule has 0 bridgehead atoms. The second-order valence-electron chi connectivity index (χ2n) is 8.14. The Hall–Kier alpha value is -2.70. The fraction of sp³-hybridized carbons (Fsp3) is 0.304. The van der Waals surface area contributed by atoms with Crippen LogP contribution in [0.25, 0.3) is 5.69 Å². The first-order valence-corrected chi connectivity index (χ1v) is 10.4. The van der Waals surface area contributed by atoms with Crippen LogP contribution < -0.4 is 19.9 Å². The summed E-state index contributed by atoms with van der Waals surface area (Å²) in [6.07, 6.45) is 1.60. The van der Waals surface area contributed by atoms with Crippen LogP contribution >= 0.6 is 23.2 Å². The standard InChI is InChI=1S/C23H24Cl2N2O4/c1-23(2,3)14-31-19-8-6-16(12-20(19)29-4)27-10-9-21(26-22(27)28)30-13-15-5-7-17(24)18(25)11-15/h5-12H,13-14H2,1-4H3. The molecular weight excluding hydrogens is 439 g/mol. The highest BCUT2D eigenvalue weighted by Gasteiger charge is 2.14. The lowest BCUT2D eigenvalue weighted by Crippen LogP contribution is -2.21. The SMILES string of the molecule is COc1cc(-n2ccc(OCc3ccc(Cl)c(Cl)c3)nc2=O)ccc1OCC(C)(C)C. The largest absolute Gasteiger partial charge is 0.493 e. The Kier molecular flexibility index (Phi) is 7.13. The summed E-state index contributed by atoms with van der Waals surface area (Å²) in [5.74, 6) is 1.36. The van der Waals surface area contributed by atoms with Gasteiger partial charge in [0.15, 0.2) is 11.5 Å². The van der Waals surface area contributed by atoms with Crippen LogP contribution in [-0.2, 0) is 6.61 Å². The van der Waals surface area contributed by atoms with E-state index in [-0.39, 0.29) is 17.9 Å². The van der Waals surface area contributed by atoms with Crippen molar-refractivity contribution in [1.82, 2.24) is 9.55 Å². The Morgan fingerprint density at radius 3 is 2.39 bits per heavy atom. The summed E-state index contributed by atoms with van der Waals surface area (Å²) < 4.78 is 18.3. The number of ether oxygens (including phenoxy) is 3. The third kappa shape index (κ3) is 6.15. The first-order valence-electron chi connectivity index (χ1n) is 9.64. The van der Waals surface area contributed by atoms with Crippen molar-refractivity contribution in [3.8, 4) is 23.1 Å². The summed E-state index contributed by atoms with van der Waals surface area (Å²) >= 11 is 11.9. The maximum Gasteiger partial charge on any atom is 0.355 e. The number of hydrogen-bond acceptors (Lipinski definition) is 5. The Balaban J connectivity index is 1.76. The maximum absolute atomic E-state index is 12.6. The van der Waals surface area contributed by atoms with Crippen molar-refractivity contribution >= 4 is 23.2 Å². The summed E-state index contributed by atoms with van der Waals surface area (Å²) in [6.45, 7) is 7.01. The van der Waals surface area contributed by atoms with Gasteiger partial charge in [0.25, 0.3) is 0 Å². The Labute approximate surface area is 191 Å². The van der Waals surface area contributed by atoms with E-state index < -0.39 is 5.69 Å². The molecule has 0 aliphatic carbocycles. The van der Waals surface area contributed by atoms with Gasteiger partial charge in [-0.25, -0.2) is 4.79 Å². The van der Waals surface area contributed by atoms with Crippen LogP contribution in [0.5, 0.6) is 17.4 Å². The van der Waals surface area contributed by atoms with Gasteiger partial charge in [-0.3, -0.25) is 4.57 Å². The van der Waals surface area contributed by atoms with E-state index in [0.29, 0.717) is 33.8 Å². The van der Waals surface area contributed by atoms with Gasteiger partial charge in [0.1, 0.15) is 6.61 Å². The van der Waals surface area contributed by atoms with E-state index in [0.717, 1.165) is 5.56 Å². The molecule has 31 heavy (non-hydrogen) atoms. The summed E-state index contributed by atoms with van der Waals surface area (Å²) in [7, 11) is 1.56. The second-order valence-corrected chi connectivity index (χ2v) is 8.95. The number of benzene rings is 2. The lowest BCUT2D eigenvalue weighted by Gasteiger charge is -2.20. The summed E-state index contributed by atoms with van der Waals surface area (Å²) in [5, 5.41) is 0.909. The minimum absolute atomic E-state index is 0.0116. The molecule has 164 valence electrons.